The predicted octanol–water partition coefficient (Wildman–Crippen LogP) is 3.38. The molecule has 3 aromatic rings. The van der Waals surface area contributed by atoms with Crippen LogP contribution in [0.2, 0.25) is 0 Å². The van der Waals surface area contributed by atoms with Gasteiger partial charge in [0.05, 0.1) is 12.0 Å². The number of aromatic nitrogens is 1. The van der Waals surface area contributed by atoms with E-state index in [2.05, 4.69) is 15.6 Å². The quantitative estimate of drug-likeness (QED) is 0.643. The van der Waals surface area contributed by atoms with Crippen molar-refractivity contribution in [1.29, 1.82) is 0 Å². The molecular formula is C20H18FN3O4S. The average Bonchev–Trinajstić information content (AvgIpc) is 2.73. The first-order valence-electron chi connectivity index (χ1n) is 8.52. The summed E-state index contributed by atoms with van der Waals surface area (Å²) in [5.41, 5.74) is 1.24. The van der Waals surface area contributed by atoms with E-state index in [0.717, 1.165) is 17.7 Å². The van der Waals surface area contributed by atoms with Crippen molar-refractivity contribution in [1.82, 2.24) is 10.3 Å². The number of hydrogen-bond donors (Lipinski definition) is 2. The Morgan fingerprint density at radius 2 is 1.90 bits per heavy atom. The van der Waals surface area contributed by atoms with Crippen molar-refractivity contribution in [3.8, 4) is 5.75 Å². The van der Waals surface area contributed by atoms with Crippen LogP contribution in [0.1, 0.15) is 5.56 Å². The maximum Gasteiger partial charge on any atom is 0.319 e. The summed E-state index contributed by atoms with van der Waals surface area (Å²) in [7, 11) is -2.69. The SMILES string of the molecule is COc1ccc(F)cc1S(=O)(=O)c1ccc(NC(=O)NCc2cccnc2)cc1. The van der Waals surface area contributed by atoms with E-state index in [-0.39, 0.29) is 15.5 Å². The Hall–Kier alpha value is -3.46. The van der Waals surface area contributed by atoms with Gasteiger partial charge < -0.3 is 15.4 Å². The van der Waals surface area contributed by atoms with Crippen molar-refractivity contribution in [2.45, 2.75) is 16.3 Å². The highest BCUT2D eigenvalue weighted by atomic mass is 32.2. The van der Waals surface area contributed by atoms with E-state index < -0.39 is 21.7 Å². The van der Waals surface area contributed by atoms with Gasteiger partial charge in [-0.2, -0.15) is 0 Å². The number of urea groups is 1. The number of pyridine rings is 1. The lowest BCUT2D eigenvalue weighted by molar-refractivity contribution is 0.251. The molecule has 29 heavy (non-hydrogen) atoms. The van der Waals surface area contributed by atoms with Gasteiger partial charge in [-0.1, -0.05) is 6.07 Å². The van der Waals surface area contributed by atoms with E-state index >= 15 is 0 Å². The van der Waals surface area contributed by atoms with Crippen LogP contribution in [0, 0.1) is 5.82 Å². The monoisotopic (exact) mass is 415 g/mol. The number of halogens is 1. The molecule has 0 spiro atoms. The largest absolute Gasteiger partial charge is 0.495 e. The van der Waals surface area contributed by atoms with Crippen LogP contribution < -0.4 is 15.4 Å². The summed E-state index contributed by atoms with van der Waals surface area (Å²) in [6, 6.07) is 12.0. The number of hydrogen-bond acceptors (Lipinski definition) is 5. The van der Waals surface area contributed by atoms with Crippen LogP contribution in [-0.4, -0.2) is 26.5 Å². The van der Waals surface area contributed by atoms with Crippen molar-refractivity contribution < 1.29 is 22.3 Å². The standard InChI is InChI=1S/C20H18FN3O4S/c1-28-18-9-4-15(21)11-19(18)29(26,27)17-7-5-16(6-8-17)24-20(25)23-13-14-3-2-10-22-12-14/h2-12H,13H2,1H3,(H2,23,24,25). The third-order valence-corrected chi connectivity index (χ3v) is 5.80. The number of carbonyl (C=O) groups is 1. The van der Waals surface area contributed by atoms with Crippen molar-refractivity contribution in [3.63, 3.8) is 0 Å². The number of nitrogens with one attached hydrogen (secondary N) is 2. The Bertz CT molecular complexity index is 1100. The minimum atomic E-state index is -4.00. The fraction of sp³-hybridized carbons (Fsp3) is 0.100. The molecule has 3 rings (SSSR count). The van der Waals surface area contributed by atoms with Crippen LogP contribution in [-0.2, 0) is 16.4 Å². The highest BCUT2D eigenvalue weighted by molar-refractivity contribution is 7.91. The second-order valence-corrected chi connectivity index (χ2v) is 7.91. The summed E-state index contributed by atoms with van der Waals surface area (Å²) >= 11 is 0. The molecule has 0 radical (unpaired) electrons. The maximum atomic E-state index is 13.6. The summed E-state index contributed by atoms with van der Waals surface area (Å²) in [4.78, 5) is 15.6. The van der Waals surface area contributed by atoms with Crippen molar-refractivity contribution in [2.24, 2.45) is 0 Å². The number of rotatable bonds is 6. The molecule has 2 aromatic carbocycles. The summed E-state index contributed by atoms with van der Waals surface area (Å²) < 4.78 is 44.2. The van der Waals surface area contributed by atoms with Crippen molar-refractivity contribution >= 4 is 21.6 Å². The molecule has 0 aliphatic carbocycles. The zero-order chi connectivity index (χ0) is 20.9. The fourth-order valence-electron chi connectivity index (χ4n) is 2.57. The molecule has 0 fully saturated rings. The third-order valence-electron chi connectivity index (χ3n) is 4.01. The first kappa shape index (κ1) is 20.3. The first-order chi connectivity index (χ1) is 13.9. The molecule has 150 valence electrons. The molecule has 1 aromatic heterocycles. The summed E-state index contributed by atoms with van der Waals surface area (Å²) in [6.07, 6.45) is 3.28. The molecule has 1 heterocycles. The lowest BCUT2D eigenvalue weighted by Gasteiger charge is -2.11. The molecule has 0 saturated heterocycles. The Labute approximate surface area is 167 Å². The highest BCUT2D eigenvalue weighted by Gasteiger charge is 2.23. The number of anilines is 1. The Balaban J connectivity index is 1.71. The molecule has 0 aliphatic heterocycles. The number of methoxy groups -OCH3 is 1. The minimum absolute atomic E-state index is 0.0448. The maximum absolute atomic E-state index is 13.6. The summed E-state index contributed by atoms with van der Waals surface area (Å²) in [6.45, 7) is 0.297. The predicted molar refractivity (Wildman–Crippen MR) is 105 cm³/mol. The number of nitrogens with zero attached hydrogens (tertiary/aromatic N) is 1. The third kappa shape index (κ3) is 4.88. The molecule has 2 amide bonds. The van der Waals surface area contributed by atoms with Gasteiger partial charge in [0.25, 0.3) is 0 Å². The smallest absolute Gasteiger partial charge is 0.319 e. The number of benzene rings is 2. The van der Waals surface area contributed by atoms with Gasteiger partial charge in [-0.15, -0.1) is 0 Å². The molecule has 7 nitrogen and oxygen atoms in total. The molecule has 0 aliphatic rings. The van der Waals surface area contributed by atoms with Crippen LogP contribution in [0.4, 0.5) is 14.9 Å². The second kappa shape index (κ2) is 8.70. The fourth-order valence-corrected chi connectivity index (χ4v) is 4.00. The van der Waals surface area contributed by atoms with Crippen molar-refractivity contribution in [2.75, 3.05) is 12.4 Å². The van der Waals surface area contributed by atoms with Gasteiger partial charge >= 0.3 is 6.03 Å². The zero-order valence-electron chi connectivity index (χ0n) is 15.4. The zero-order valence-corrected chi connectivity index (χ0v) is 16.2. The molecule has 0 atom stereocenters. The number of amides is 2. The van der Waals surface area contributed by atoms with Gasteiger partial charge in [-0.05, 0) is 54.1 Å². The van der Waals surface area contributed by atoms with Gasteiger partial charge in [-0.3, -0.25) is 4.98 Å². The van der Waals surface area contributed by atoms with Crippen LogP contribution in [0.25, 0.3) is 0 Å². The van der Waals surface area contributed by atoms with Gasteiger partial charge in [0.2, 0.25) is 9.84 Å². The molecule has 0 saturated carbocycles. The van der Waals surface area contributed by atoms with E-state index in [0.29, 0.717) is 12.2 Å². The Morgan fingerprint density at radius 1 is 1.14 bits per heavy atom. The highest BCUT2D eigenvalue weighted by Crippen LogP contribution is 2.30. The number of sulfone groups is 1. The van der Waals surface area contributed by atoms with Crippen LogP contribution in [0.15, 0.2) is 76.8 Å². The van der Waals surface area contributed by atoms with Gasteiger partial charge in [0.15, 0.2) is 0 Å². The number of carbonyl (C=O) groups excluding carboxylic acids is 1. The summed E-state index contributed by atoms with van der Waals surface area (Å²) in [5.74, 6) is -0.642. The van der Waals surface area contributed by atoms with Gasteiger partial charge in [0, 0.05) is 24.6 Å². The normalized spacial score (nSPS) is 11.0. The van der Waals surface area contributed by atoms with E-state index in [9.17, 15) is 17.6 Å². The molecule has 0 unspecified atom stereocenters. The molecule has 9 heteroatoms. The van der Waals surface area contributed by atoms with Crippen LogP contribution in [0.5, 0.6) is 5.75 Å². The number of ether oxygens (including phenoxy) is 1. The second-order valence-electron chi connectivity index (χ2n) is 5.99. The molecular weight excluding hydrogens is 397 g/mol. The lowest BCUT2D eigenvalue weighted by atomic mass is 10.3. The Morgan fingerprint density at radius 3 is 2.55 bits per heavy atom. The first-order valence-corrected chi connectivity index (χ1v) is 10.0. The lowest BCUT2D eigenvalue weighted by Crippen LogP contribution is -2.28. The average molecular weight is 415 g/mol. The topological polar surface area (TPSA) is 97.4 Å². The van der Waals surface area contributed by atoms with Crippen molar-refractivity contribution in [3.05, 3.63) is 78.4 Å². The van der Waals surface area contributed by atoms with E-state index in [4.69, 9.17) is 4.74 Å². The van der Waals surface area contributed by atoms with Gasteiger partial charge in [0.1, 0.15) is 16.5 Å². The van der Waals surface area contributed by atoms with E-state index in [1.54, 1.807) is 18.5 Å². The molecule has 0 bridgehead atoms. The van der Waals surface area contributed by atoms with Gasteiger partial charge in [-0.25, -0.2) is 17.6 Å². The molecule has 2 N–H and O–H groups in total. The van der Waals surface area contributed by atoms with Crippen LogP contribution >= 0.6 is 0 Å². The van der Waals surface area contributed by atoms with Crippen LogP contribution in [0.3, 0.4) is 0 Å². The van der Waals surface area contributed by atoms with E-state index in [1.165, 1.54) is 37.4 Å². The van der Waals surface area contributed by atoms with E-state index in [1.807, 2.05) is 6.07 Å². The summed E-state index contributed by atoms with van der Waals surface area (Å²) in [5, 5.41) is 5.29. The Kier molecular flexibility index (Phi) is 6.08. The minimum Gasteiger partial charge on any atom is -0.495 e.